The lowest BCUT2D eigenvalue weighted by Crippen LogP contribution is -2.43. The molecule has 3 N–H and O–H groups in total. The van der Waals surface area contributed by atoms with Crippen molar-refractivity contribution >= 4 is 28.5 Å². The fraction of sp³-hybridized carbons (Fsp3) is 0.381. The van der Waals surface area contributed by atoms with Crippen molar-refractivity contribution in [3.63, 3.8) is 0 Å². The number of amides is 1. The average molecular weight is 452 g/mol. The minimum Gasteiger partial charge on any atom is -0.379 e. The predicted octanol–water partition coefficient (Wildman–Crippen LogP) is 4.94. The maximum Gasteiger partial charge on any atom is 0.418 e. The molecule has 1 aliphatic heterocycles. The van der Waals surface area contributed by atoms with Gasteiger partial charge >= 0.3 is 6.18 Å². The van der Waals surface area contributed by atoms with E-state index in [4.69, 9.17) is 5.73 Å². The Morgan fingerprint density at radius 3 is 2.84 bits per heavy atom. The lowest BCUT2D eigenvalue weighted by atomic mass is 9.69. The Bertz CT molecular complexity index is 1040. The van der Waals surface area contributed by atoms with E-state index in [1.807, 2.05) is 0 Å². The molecule has 0 bridgehead atoms. The quantitative estimate of drug-likeness (QED) is 0.647. The highest BCUT2D eigenvalue weighted by atomic mass is 32.2. The summed E-state index contributed by atoms with van der Waals surface area (Å²) in [7, 11) is 0. The van der Waals surface area contributed by atoms with Gasteiger partial charge in [0.1, 0.15) is 11.5 Å². The second-order valence-corrected chi connectivity index (χ2v) is 8.71. The van der Waals surface area contributed by atoms with Gasteiger partial charge in [-0.25, -0.2) is 4.39 Å². The molecule has 2 aromatic rings. The molecule has 1 amide bonds. The first-order valence-electron chi connectivity index (χ1n) is 9.82. The second-order valence-electron chi connectivity index (χ2n) is 7.67. The van der Waals surface area contributed by atoms with Gasteiger partial charge in [-0.15, -0.1) is 0 Å². The number of benzene rings is 1. The molecular weight excluding hydrogens is 432 g/mol. The summed E-state index contributed by atoms with van der Waals surface area (Å²) in [6, 6.07) is 5.87. The van der Waals surface area contributed by atoms with Crippen molar-refractivity contribution in [3.05, 3.63) is 59.2 Å². The number of thioether (sulfide) groups is 1. The van der Waals surface area contributed by atoms with Crippen LogP contribution in [0.25, 0.3) is 0 Å². The summed E-state index contributed by atoms with van der Waals surface area (Å²) in [4.78, 5) is 20.8. The summed E-state index contributed by atoms with van der Waals surface area (Å²) in [6.45, 7) is 0. The van der Waals surface area contributed by atoms with E-state index in [1.165, 1.54) is 30.0 Å². The van der Waals surface area contributed by atoms with Gasteiger partial charge in [-0.3, -0.25) is 14.8 Å². The van der Waals surface area contributed by atoms with Crippen LogP contribution in [0.2, 0.25) is 0 Å². The Kier molecular flexibility index (Phi) is 5.67. The lowest BCUT2D eigenvalue weighted by molar-refractivity contribution is -0.138. The van der Waals surface area contributed by atoms with Gasteiger partial charge in [-0.1, -0.05) is 24.6 Å². The number of halogens is 4. The van der Waals surface area contributed by atoms with Crippen LogP contribution in [-0.2, 0) is 11.7 Å². The van der Waals surface area contributed by atoms with Crippen LogP contribution in [0.15, 0.2) is 41.5 Å². The second kappa shape index (κ2) is 8.14. The molecule has 164 valence electrons. The lowest BCUT2D eigenvalue weighted by Gasteiger charge is -2.44. The van der Waals surface area contributed by atoms with Gasteiger partial charge in [0.15, 0.2) is 5.17 Å². The van der Waals surface area contributed by atoms with Crippen LogP contribution in [-0.4, -0.2) is 21.8 Å². The fourth-order valence-corrected chi connectivity index (χ4v) is 5.41. The predicted molar refractivity (Wildman–Crippen MR) is 111 cm³/mol. The van der Waals surface area contributed by atoms with Crippen molar-refractivity contribution in [1.82, 2.24) is 4.98 Å². The number of nitrogens with zero attached hydrogens (tertiary/aromatic N) is 2. The number of hydrogen-bond acceptors (Lipinski definition) is 5. The van der Waals surface area contributed by atoms with Gasteiger partial charge in [0.25, 0.3) is 5.91 Å². The van der Waals surface area contributed by atoms with E-state index in [2.05, 4.69) is 15.3 Å². The molecule has 1 fully saturated rings. The van der Waals surface area contributed by atoms with Crippen molar-refractivity contribution in [2.24, 2.45) is 16.6 Å². The van der Waals surface area contributed by atoms with Crippen molar-refractivity contribution in [1.29, 1.82) is 0 Å². The number of aliphatic imine (C=N–C) groups is 1. The number of nitrogens with one attached hydrogen (secondary N) is 1. The highest BCUT2D eigenvalue weighted by molar-refractivity contribution is 8.13. The van der Waals surface area contributed by atoms with Crippen LogP contribution < -0.4 is 11.1 Å². The zero-order valence-corrected chi connectivity index (χ0v) is 17.2. The van der Waals surface area contributed by atoms with Crippen LogP contribution >= 0.6 is 11.8 Å². The first kappa shape index (κ1) is 21.6. The minimum absolute atomic E-state index is 0.0895. The first-order valence-corrected chi connectivity index (χ1v) is 10.8. The zero-order valence-electron chi connectivity index (χ0n) is 16.4. The van der Waals surface area contributed by atoms with Crippen LogP contribution in [0.3, 0.4) is 0 Å². The molecule has 5 nitrogen and oxygen atoms in total. The van der Waals surface area contributed by atoms with Crippen LogP contribution in [0, 0.1) is 11.7 Å². The maximum absolute atomic E-state index is 14.9. The van der Waals surface area contributed by atoms with E-state index < -0.39 is 34.7 Å². The highest BCUT2D eigenvalue weighted by Crippen LogP contribution is 2.50. The van der Waals surface area contributed by atoms with Gasteiger partial charge in [0, 0.05) is 23.2 Å². The van der Waals surface area contributed by atoms with Crippen LogP contribution in [0.5, 0.6) is 0 Å². The molecule has 10 heteroatoms. The normalized spacial score (nSPS) is 23.6. The van der Waals surface area contributed by atoms with Crippen molar-refractivity contribution in [2.45, 2.75) is 37.4 Å². The van der Waals surface area contributed by atoms with E-state index in [0.29, 0.717) is 22.9 Å². The molecule has 1 saturated carbocycles. The monoisotopic (exact) mass is 452 g/mol. The summed E-state index contributed by atoms with van der Waals surface area (Å²) in [5.41, 5.74) is 3.73. The molecule has 0 saturated heterocycles. The van der Waals surface area contributed by atoms with E-state index in [1.54, 1.807) is 0 Å². The first-order chi connectivity index (χ1) is 14.7. The molecule has 0 radical (unpaired) electrons. The van der Waals surface area contributed by atoms with Crippen molar-refractivity contribution in [3.8, 4) is 0 Å². The number of carbonyl (C=O) groups is 1. The van der Waals surface area contributed by atoms with E-state index in [-0.39, 0.29) is 11.6 Å². The summed E-state index contributed by atoms with van der Waals surface area (Å²) in [6.07, 6.45) is -0.246. The molecule has 1 aliphatic carbocycles. The van der Waals surface area contributed by atoms with E-state index >= 15 is 0 Å². The maximum atomic E-state index is 14.9. The third kappa shape index (κ3) is 4.13. The topological polar surface area (TPSA) is 80.4 Å². The molecule has 2 aliphatic rings. The SMILES string of the molecule is NC1=NC2(c3cc(NC(=O)c4ncccc4C(F)(F)F)ccc3F)CCCCC2CS1. The average Bonchev–Trinajstić information content (AvgIpc) is 2.74. The number of fused-ring (bicyclic) bond motifs is 1. The standard InChI is InChI=1S/C21H20F4N4OS/c22-16-7-6-13(28-18(30)17-14(21(23,24)25)5-3-9-27-17)10-15(16)20-8-2-1-4-12(20)11-31-19(26)29-20/h3,5-7,9-10,12H,1-2,4,8,11H2,(H2,26,29)(H,28,30). The smallest absolute Gasteiger partial charge is 0.379 e. The van der Waals surface area contributed by atoms with E-state index in [0.717, 1.165) is 37.6 Å². The highest BCUT2D eigenvalue weighted by Gasteiger charge is 2.46. The van der Waals surface area contributed by atoms with Gasteiger partial charge < -0.3 is 11.1 Å². The largest absolute Gasteiger partial charge is 0.418 e. The molecule has 1 aromatic carbocycles. The molecular formula is C21H20F4N4OS. The summed E-state index contributed by atoms with van der Waals surface area (Å²) in [5, 5.41) is 2.81. The molecule has 2 unspecified atom stereocenters. The Labute approximate surface area is 180 Å². The molecule has 31 heavy (non-hydrogen) atoms. The van der Waals surface area contributed by atoms with Gasteiger partial charge in [0.05, 0.1) is 11.1 Å². The fourth-order valence-electron chi connectivity index (χ4n) is 4.37. The van der Waals surface area contributed by atoms with Crippen LogP contribution in [0.1, 0.15) is 47.3 Å². The van der Waals surface area contributed by atoms with Crippen LogP contribution in [0.4, 0.5) is 23.2 Å². The third-order valence-electron chi connectivity index (χ3n) is 5.80. The number of aromatic nitrogens is 1. The number of carbonyl (C=O) groups excluding carboxylic acids is 1. The summed E-state index contributed by atoms with van der Waals surface area (Å²) >= 11 is 1.44. The number of nitrogens with two attached hydrogens (primary N) is 1. The minimum atomic E-state index is -4.73. The molecule has 4 rings (SSSR count). The van der Waals surface area contributed by atoms with E-state index in [9.17, 15) is 22.4 Å². The molecule has 2 atom stereocenters. The molecule has 0 spiro atoms. The molecule has 1 aromatic heterocycles. The Hall–Kier alpha value is -2.62. The third-order valence-corrected chi connectivity index (χ3v) is 6.75. The summed E-state index contributed by atoms with van der Waals surface area (Å²) in [5.74, 6) is -0.701. The number of pyridine rings is 1. The number of hydrogen-bond donors (Lipinski definition) is 2. The molecule has 2 heterocycles. The van der Waals surface area contributed by atoms with Crippen molar-refractivity contribution < 1.29 is 22.4 Å². The van der Waals surface area contributed by atoms with Gasteiger partial charge in [-0.2, -0.15) is 13.2 Å². The number of anilines is 1. The summed E-state index contributed by atoms with van der Waals surface area (Å²) < 4.78 is 54.6. The van der Waals surface area contributed by atoms with Crippen molar-refractivity contribution in [2.75, 3.05) is 11.1 Å². The zero-order chi connectivity index (χ0) is 22.2. The number of rotatable bonds is 3. The number of alkyl halides is 3. The van der Waals surface area contributed by atoms with Gasteiger partial charge in [0.2, 0.25) is 0 Å². The number of amidine groups is 1. The Balaban J connectivity index is 1.70. The Morgan fingerprint density at radius 2 is 2.06 bits per heavy atom. The Morgan fingerprint density at radius 1 is 1.26 bits per heavy atom. The van der Waals surface area contributed by atoms with Gasteiger partial charge in [-0.05, 0) is 49.1 Å².